The first-order valence-electron chi connectivity index (χ1n) is 8.12. The molecule has 128 valence electrons. The fourth-order valence-electron chi connectivity index (χ4n) is 2.77. The van der Waals surface area contributed by atoms with Gasteiger partial charge in [-0.1, -0.05) is 31.2 Å². The van der Waals surface area contributed by atoms with Crippen molar-refractivity contribution in [1.29, 1.82) is 0 Å². The van der Waals surface area contributed by atoms with E-state index in [0.717, 1.165) is 28.8 Å². The second-order valence-electron chi connectivity index (χ2n) is 6.09. The molecular weight excluding hydrogens is 302 g/mol. The van der Waals surface area contributed by atoms with Gasteiger partial charge in [0.05, 0.1) is 13.0 Å². The van der Waals surface area contributed by atoms with Gasteiger partial charge in [-0.25, -0.2) is 0 Å². The van der Waals surface area contributed by atoms with Crippen LogP contribution in [-0.4, -0.2) is 32.3 Å². The molecule has 1 unspecified atom stereocenters. The third-order valence-corrected chi connectivity index (χ3v) is 4.27. The monoisotopic (exact) mass is 327 g/mol. The van der Waals surface area contributed by atoms with Gasteiger partial charge in [0.1, 0.15) is 5.75 Å². The fraction of sp³-hybridized carbons (Fsp3) is 0.350. The van der Waals surface area contributed by atoms with Crippen molar-refractivity contribution in [1.82, 2.24) is 0 Å². The van der Waals surface area contributed by atoms with Crippen LogP contribution in [0.4, 0.5) is 5.69 Å². The molecule has 0 aliphatic heterocycles. The van der Waals surface area contributed by atoms with E-state index >= 15 is 0 Å². The molecule has 4 nitrogen and oxygen atoms in total. The Bertz CT molecular complexity index is 693. The number of hydrogen-bond acceptors (Lipinski definition) is 3. The Morgan fingerprint density at radius 3 is 2.25 bits per heavy atom. The molecule has 0 heterocycles. The van der Waals surface area contributed by atoms with E-state index in [1.807, 2.05) is 61.5 Å². The molecule has 0 aliphatic rings. The summed E-state index contributed by atoms with van der Waals surface area (Å²) >= 11 is 0. The summed E-state index contributed by atoms with van der Waals surface area (Å²) < 4.78 is 5.39. The first-order chi connectivity index (χ1) is 11.5. The molecule has 0 aliphatic carbocycles. The predicted molar refractivity (Wildman–Crippen MR) is 97.2 cm³/mol. The summed E-state index contributed by atoms with van der Waals surface area (Å²) in [5.74, 6) is -0.834. The zero-order valence-electron chi connectivity index (χ0n) is 14.7. The molecule has 0 saturated heterocycles. The van der Waals surface area contributed by atoms with Gasteiger partial charge >= 0.3 is 5.97 Å². The maximum atomic E-state index is 11.9. The van der Waals surface area contributed by atoms with Crippen molar-refractivity contribution < 1.29 is 14.6 Å². The van der Waals surface area contributed by atoms with Crippen LogP contribution < -0.4 is 9.64 Å². The summed E-state index contributed by atoms with van der Waals surface area (Å²) in [5.41, 5.74) is 3.94. The van der Waals surface area contributed by atoms with E-state index < -0.39 is 11.9 Å². The number of benzene rings is 2. The van der Waals surface area contributed by atoms with Gasteiger partial charge in [-0.05, 0) is 42.2 Å². The lowest BCUT2D eigenvalue weighted by Gasteiger charge is -2.18. The summed E-state index contributed by atoms with van der Waals surface area (Å²) in [6, 6.07) is 13.8. The number of nitrogens with zero attached hydrogens (tertiary/aromatic N) is 1. The molecule has 0 amide bonds. The molecule has 2 rings (SSSR count). The highest BCUT2D eigenvalue weighted by Crippen LogP contribution is 2.31. The van der Waals surface area contributed by atoms with E-state index in [2.05, 4.69) is 6.92 Å². The number of ether oxygens (including phenoxy) is 1. The summed E-state index contributed by atoms with van der Waals surface area (Å²) in [6.07, 6.45) is 1.30. The second kappa shape index (κ2) is 7.86. The van der Waals surface area contributed by atoms with Crippen LogP contribution in [0, 0.1) is 0 Å². The maximum absolute atomic E-state index is 11.9. The van der Waals surface area contributed by atoms with Crippen LogP contribution in [0.2, 0.25) is 0 Å². The van der Waals surface area contributed by atoms with Gasteiger partial charge in [0, 0.05) is 25.3 Å². The number of hydrogen-bond donors (Lipinski definition) is 1. The van der Waals surface area contributed by atoms with E-state index in [4.69, 9.17) is 4.74 Å². The minimum Gasteiger partial charge on any atom is -0.496 e. The molecule has 0 radical (unpaired) electrons. The fourth-order valence-corrected chi connectivity index (χ4v) is 2.77. The molecule has 24 heavy (non-hydrogen) atoms. The van der Waals surface area contributed by atoms with Crippen LogP contribution in [0.25, 0.3) is 0 Å². The number of carbonyl (C=O) groups is 1. The van der Waals surface area contributed by atoms with E-state index in [1.54, 1.807) is 7.11 Å². The Hall–Kier alpha value is -2.49. The number of rotatable bonds is 7. The van der Waals surface area contributed by atoms with E-state index in [9.17, 15) is 9.90 Å². The highest BCUT2D eigenvalue weighted by Gasteiger charge is 2.24. The van der Waals surface area contributed by atoms with Gasteiger partial charge in [0.15, 0.2) is 0 Å². The number of aryl methyl sites for hydroxylation is 1. The van der Waals surface area contributed by atoms with E-state index in [-0.39, 0.29) is 0 Å². The largest absolute Gasteiger partial charge is 0.496 e. The lowest BCUT2D eigenvalue weighted by molar-refractivity contribution is -0.138. The van der Waals surface area contributed by atoms with Gasteiger partial charge in [-0.15, -0.1) is 0 Å². The van der Waals surface area contributed by atoms with Crippen LogP contribution in [0.15, 0.2) is 42.5 Å². The molecule has 0 bridgehead atoms. The number of carboxylic acids is 1. The Balaban J connectivity index is 2.34. The van der Waals surface area contributed by atoms with Crippen LogP contribution in [-0.2, 0) is 17.6 Å². The number of methoxy groups -OCH3 is 1. The van der Waals surface area contributed by atoms with Gasteiger partial charge in [-0.3, -0.25) is 4.79 Å². The quantitative estimate of drug-likeness (QED) is 0.842. The molecule has 2 aromatic carbocycles. The van der Waals surface area contributed by atoms with Crippen molar-refractivity contribution in [3.8, 4) is 5.75 Å². The van der Waals surface area contributed by atoms with Crippen molar-refractivity contribution >= 4 is 11.7 Å². The first kappa shape index (κ1) is 17.9. The van der Waals surface area contributed by atoms with E-state index in [1.165, 1.54) is 0 Å². The first-order valence-corrected chi connectivity index (χ1v) is 8.12. The van der Waals surface area contributed by atoms with Gasteiger partial charge in [0.25, 0.3) is 0 Å². The standard InChI is InChI=1S/C20H25NO3/c1-5-14-8-11-19(24-4)17(12-14)18(20(22)23)13-15-6-9-16(10-7-15)21(2)3/h6-12,18H,5,13H2,1-4H3,(H,22,23). The topological polar surface area (TPSA) is 49.8 Å². The lowest BCUT2D eigenvalue weighted by atomic mass is 9.90. The number of anilines is 1. The maximum Gasteiger partial charge on any atom is 0.311 e. The van der Waals surface area contributed by atoms with Crippen LogP contribution in [0.1, 0.15) is 29.5 Å². The van der Waals surface area contributed by atoms with Crippen molar-refractivity contribution in [2.24, 2.45) is 0 Å². The van der Waals surface area contributed by atoms with Crippen molar-refractivity contribution in [2.75, 3.05) is 26.1 Å². The molecule has 1 atom stereocenters. The molecule has 0 aromatic heterocycles. The van der Waals surface area contributed by atoms with Gasteiger partial charge < -0.3 is 14.7 Å². The van der Waals surface area contributed by atoms with Gasteiger partial charge in [0.2, 0.25) is 0 Å². The molecule has 2 aromatic rings. The minimum absolute atomic E-state index is 0.437. The summed E-state index contributed by atoms with van der Waals surface area (Å²) in [5, 5.41) is 9.75. The molecule has 0 spiro atoms. The zero-order valence-corrected chi connectivity index (χ0v) is 14.7. The third kappa shape index (κ3) is 4.07. The van der Waals surface area contributed by atoms with Crippen molar-refractivity contribution in [3.63, 3.8) is 0 Å². The van der Waals surface area contributed by atoms with Crippen molar-refractivity contribution in [3.05, 3.63) is 59.2 Å². The summed E-state index contributed by atoms with van der Waals surface area (Å²) in [7, 11) is 5.54. The third-order valence-electron chi connectivity index (χ3n) is 4.27. The van der Waals surface area contributed by atoms with Crippen LogP contribution in [0.5, 0.6) is 5.75 Å². The zero-order chi connectivity index (χ0) is 17.7. The van der Waals surface area contributed by atoms with Crippen molar-refractivity contribution in [2.45, 2.75) is 25.7 Å². The SMILES string of the molecule is CCc1ccc(OC)c(C(Cc2ccc(N(C)C)cc2)C(=O)O)c1. The lowest BCUT2D eigenvalue weighted by Crippen LogP contribution is -2.16. The molecular formula is C20H25NO3. The summed E-state index contributed by atoms with van der Waals surface area (Å²) in [4.78, 5) is 13.9. The molecule has 4 heteroatoms. The molecule has 0 fully saturated rings. The Labute approximate surface area is 143 Å². The molecule has 1 N–H and O–H groups in total. The minimum atomic E-state index is -0.835. The Morgan fingerprint density at radius 1 is 1.12 bits per heavy atom. The van der Waals surface area contributed by atoms with Crippen LogP contribution >= 0.6 is 0 Å². The summed E-state index contributed by atoms with van der Waals surface area (Å²) in [6.45, 7) is 2.06. The smallest absolute Gasteiger partial charge is 0.311 e. The number of aliphatic carboxylic acids is 1. The second-order valence-corrected chi connectivity index (χ2v) is 6.09. The van der Waals surface area contributed by atoms with Crippen LogP contribution in [0.3, 0.4) is 0 Å². The van der Waals surface area contributed by atoms with Gasteiger partial charge in [-0.2, -0.15) is 0 Å². The average Bonchev–Trinajstić information content (AvgIpc) is 2.59. The predicted octanol–water partition coefficient (Wildman–Crippen LogP) is 3.73. The Kier molecular flexibility index (Phi) is 5.85. The Morgan fingerprint density at radius 2 is 1.75 bits per heavy atom. The van der Waals surface area contributed by atoms with E-state index in [0.29, 0.717) is 12.2 Å². The molecule has 0 saturated carbocycles. The number of carboxylic acid groups (broad SMARTS) is 1. The highest BCUT2D eigenvalue weighted by atomic mass is 16.5. The normalized spacial score (nSPS) is 11.8. The highest BCUT2D eigenvalue weighted by molar-refractivity contribution is 5.78. The average molecular weight is 327 g/mol.